The van der Waals surface area contributed by atoms with Crippen molar-refractivity contribution in [2.24, 2.45) is 11.1 Å². The second kappa shape index (κ2) is 6.82. The Labute approximate surface area is 163 Å². The minimum absolute atomic E-state index is 0.151. The molecule has 28 heavy (non-hydrogen) atoms. The second-order valence-electron chi connectivity index (χ2n) is 7.87. The maximum absolute atomic E-state index is 12.0. The van der Waals surface area contributed by atoms with Crippen LogP contribution in [0.25, 0.3) is 21.8 Å². The predicted molar refractivity (Wildman–Crippen MR) is 110 cm³/mol. The van der Waals surface area contributed by atoms with Gasteiger partial charge in [0.15, 0.2) is 0 Å². The average Bonchev–Trinajstić information content (AvgIpc) is 3.21. The number of aromatic amines is 1. The number of carbonyl (C=O) groups is 2. The summed E-state index contributed by atoms with van der Waals surface area (Å²) in [7, 11) is 1.99. The Hall–Kier alpha value is -3.09. The molecular formula is C21H25N5O2. The van der Waals surface area contributed by atoms with Gasteiger partial charge in [0.25, 0.3) is 5.91 Å². The fourth-order valence-electron chi connectivity index (χ4n) is 4.14. The van der Waals surface area contributed by atoms with Crippen molar-refractivity contribution < 1.29 is 9.59 Å². The first kappa shape index (κ1) is 18.3. The summed E-state index contributed by atoms with van der Waals surface area (Å²) < 4.78 is 0. The van der Waals surface area contributed by atoms with Gasteiger partial charge in [-0.15, -0.1) is 0 Å². The van der Waals surface area contributed by atoms with Crippen LogP contribution in [0.3, 0.4) is 0 Å². The summed E-state index contributed by atoms with van der Waals surface area (Å²) >= 11 is 0. The number of H-pyrrole nitrogens is 1. The highest BCUT2D eigenvalue weighted by Crippen LogP contribution is 2.35. The number of nitrogens with two attached hydrogens (primary N) is 1. The molecule has 1 saturated heterocycles. The number of nitrogens with zero attached hydrogens (tertiary/aromatic N) is 2. The van der Waals surface area contributed by atoms with E-state index in [1.807, 2.05) is 38.2 Å². The predicted octanol–water partition coefficient (Wildman–Crippen LogP) is 2.56. The lowest BCUT2D eigenvalue weighted by Crippen LogP contribution is -2.30. The van der Waals surface area contributed by atoms with Gasteiger partial charge in [0.05, 0.1) is 16.5 Å². The summed E-state index contributed by atoms with van der Waals surface area (Å²) in [5.74, 6) is 0.454. The highest BCUT2D eigenvalue weighted by atomic mass is 16.2. The Morgan fingerprint density at radius 2 is 2.14 bits per heavy atom. The molecule has 1 aliphatic rings. The SMILES string of the molecule is CN(CCCC1(C)CCNC1=O)c1ncc(C(N)=O)c2[nH]c3ccccc3c12. The lowest BCUT2D eigenvalue weighted by Gasteiger charge is -2.24. The smallest absolute Gasteiger partial charge is 0.252 e. The summed E-state index contributed by atoms with van der Waals surface area (Å²) in [5.41, 5.74) is 7.32. The Balaban J connectivity index is 1.65. The third-order valence-corrected chi connectivity index (χ3v) is 5.87. The van der Waals surface area contributed by atoms with E-state index < -0.39 is 5.91 Å². The zero-order chi connectivity index (χ0) is 19.9. The van der Waals surface area contributed by atoms with Crippen LogP contribution in [-0.4, -0.2) is 41.9 Å². The molecule has 146 valence electrons. The van der Waals surface area contributed by atoms with Gasteiger partial charge in [-0.05, 0) is 25.3 Å². The van der Waals surface area contributed by atoms with Crippen molar-refractivity contribution in [2.45, 2.75) is 26.2 Å². The summed E-state index contributed by atoms with van der Waals surface area (Å²) in [6.45, 7) is 3.56. The van der Waals surface area contributed by atoms with E-state index in [4.69, 9.17) is 5.73 Å². The number of nitrogens with one attached hydrogen (secondary N) is 2. The molecule has 1 fully saturated rings. The number of fused-ring (bicyclic) bond motifs is 3. The molecule has 2 amide bonds. The number of hydrogen-bond donors (Lipinski definition) is 3. The van der Waals surface area contributed by atoms with Gasteiger partial charge in [-0.1, -0.05) is 25.1 Å². The summed E-state index contributed by atoms with van der Waals surface area (Å²) in [4.78, 5) is 33.9. The molecule has 4 rings (SSSR count). The van der Waals surface area contributed by atoms with Crippen LogP contribution < -0.4 is 16.0 Å². The van der Waals surface area contributed by atoms with Gasteiger partial charge in [0.1, 0.15) is 5.82 Å². The van der Waals surface area contributed by atoms with Crippen molar-refractivity contribution in [3.05, 3.63) is 36.0 Å². The molecule has 2 aromatic heterocycles. The van der Waals surface area contributed by atoms with E-state index in [-0.39, 0.29) is 11.3 Å². The highest BCUT2D eigenvalue weighted by Gasteiger charge is 2.36. The van der Waals surface area contributed by atoms with Crippen molar-refractivity contribution in [3.8, 4) is 0 Å². The minimum atomic E-state index is -0.501. The van der Waals surface area contributed by atoms with Crippen LogP contribution in [0.4, 0.5) is 5.82 Å². The molecule has 0 aliphatic carbocycles. The number of rotatable bonds is 6. The number of carbonyl (C=O) groups excluding carboxylic acids is 2. The maximum Gasteiger partial charge on any atom is 0.252 e. The summed E-state index contributed by atoms with van der Waals surface area (Å²) in [6, 6.07) is 7.91. The summed E-state index contributed by atoms with van der Waals surface area (Å²) in [5, 5.41) is 4.84. The van der Waals surface area contributed by atoms with E-state index in [1.165, 1.54) is 6.20 Å². The van der Waals surface area contributed by atoms with Gasteiger partial charge in [0.2, 0.25) is 5.91 Å². The maximum atomic E-state index is 12.0. The Morgan fingerprint density at radius 3 is 2.86 bits per heavy atom. The highest BCUT2D eigenvalue weighted by molar-refractivity contribution is 6.18. The number of primary amides is 1. The van der Waals surface area contributed by atoms with Crippen LogP contribution in [-0.2, 0) is 4.79 Å². The van der Waals surface area contributed by atoms with E-state index >= 15 is 0 Å². The second-order valence-corrected chi connectivity index (χ2v) is 7.87. The topological polar surface area (TPSA) is 104 Å². The molecule has 3 aromatic rings. The molecule has 0 saturated carbocycles. The number of aromatic nitrogens is 2. The minimum Gasteiger partial charge on any atom is -0.365 e. The zero-order valence-corrected chi connectivity index (χ0v) is 16.2. The van der Waals surface area contributed by atoms with Crippen molar-refractivity contribution in [1.82, 2.24) is 15.3 Å². The van der Waals surface area contributed by atoms with E-state index in [0.29, 0.717) is 11.1 Å². The fraction of sp³-hybridized carbons (Fsp3) is 0.381. The number of para-hydroxylation sites is 1. The quantitative estimate of drug-likeness (QED) is 0.612. The van der Waals surface area contributed by atoms with Crippen molar-refractivity contribution >= 4 is 39.4 Å². The molecule has 7 nitrogen and oxygen atoms in total. The number of benzene rings is 1. The first-order chi connectivity index (χ1) is 13.4. The fourth-order valence-corrected chi connectivity index (χ4v) is 4.14. The van der Waals surface area contributed by atoms with Gasteiger partial charge < -0.3 is 20.9 Å². The van der Waals surface area contributed by atoms with Crippen molar-refractivity contribution in [2.75, 3.05) is 25.0 Å². The van der Waals surface area contributed by atoms with E-state index in [2.05, 4.69) is 20.2 Å². The Bertz CT molecular complexity index is 1070. The normalized spacial score (nSPS) is 19.3. The molecule has 1 atom stereocenters. The van der Waals surface area contributed by atoms with Crippen LogP contribution in [0, 0.1) is 5.41 Å². The van der Waals surface area contributed by atoms with E-state index in [0.717, 1.165) is 54.5 Å². The third kappa shape index (κ3) is 2.96. The first-order valence-corrected chi connectivity index (χ1v) is 9.59. The third-order valence-electron chi connectivity index (χ3n) is 5.87. The molecular weight excluding hydrogens is 354 g/mol. The number of hydrogen-bond acceptors (Lipinski definition) is 4. The molecule has 0 spiro atoms. The molecule has 7 heteroatoms. The largest absolute Gasteiger partial charge is 0.365 e. The van der Waals surface area contributed by atoms with Crippen LogP contribution in [0.1, 0.15) is 36.5 Å². The van der Waals surface area contributed by atoms with Crippen LogP contribution in [0.15, 0.2) is 30.5 Å². The molecule has 1 unspecified atom stereocenters. The number of amides is 2. The van der Waals surface area contributed by atoms with Gasteiger partial charge in [-0.2, -0.15) is 0 Å². The standard InChI is InChI=1S/C21H25N5O2/c1-21(9-10-23-20(21)28)8-5-11-26(2)19-16-13-6-3-4-7-15(13)25-17(16)14(12-24-19)18(22)27/h3-4,6-7,12,25H,5,8-11H2,1-2H3,(H2,22,27)(H,23,28). The van der Waals surface area contributed by atoms with Crippen molar-refractivity contribution in [3.63, 3.8) is 0 Å². The molecule has 0 bridgehead atoms. The molecule has 1 aliphatic heterocycles. The lowest BCUT2D eigenvalue weighted by atomic mass is 9.84. The lowest BCUT2D eigenvalue weighted by molar-refractivity contribution is -0.127. The van der Waals surface area contributed by atoms with Gasteiger partial charge in [-0.3, -0.25) is 9.59 Å². The molecule has 4 N–H and O–H groups in total. The average molecular weight is 379 g/mol. The number of pyridine rings is 1. The molecule has 0 radical (unpaired) electrons. The monoisotopic (exact) mass is 379 g/mol. The Morgan fingerprint density at radius 1 is 1.36 bits per heavy atom. The van der Waals surface area contributed by atoms with Gasteiger partial charge in [-0.25, -0.2) is 4.98 Å². The van der Waals surface area contributed by atoms with Crippen LogP contribution >= 0.6 is 0 Å². The van der Waals surface area contributed by atoms with Gasteiger partial charge in [0, 0.05) is 42.7 Å². The number of anilines is 1. The summed E-state index contributed by atoms with van der Waals surface area (Å²) in [6.07, 6.45) is 4.13. The van der Waals surface area contributed by atoms with Crippen LogP contribution in [0.5, 0.6) is 0 Å². The Kier molecular flexibility index (Phi) is 4.45. The van der Waals surface area contributed by atoms with Crippen molar-refractivity contribution in [1.29, 1.82) is 0 Å². The van der Waals surface area contributed by atoms with E-state index in [1.54, 1.807) is 0 Å². The van der Waals surface area contributed by atoms with E-state index in [9.17, 15) is 9.59 Å². The van der Waals surface area contributed by atoms with Gasteiger partial charge >= 0.3 is 0 Å². The molecule has 3 heterocycles. The molecule has 1 aromatic carbocycles. The van der Waals surface area contributed by atoms with Crippen LogP contribution in [0.2, 0.25) is 0 Å². The first-order valence-electron chi connectivity index (χ1n) is 9.59. The zero-order valence-electron chi connectivity index (χ0n) is 16.2.